The Morgan fingerprint density at radius 3 is 2.45 bits per heavy atom. The number of carbonyl (C=O) groups excluding carboxylic acids is 2. The van der Waals surface area contributed by atoms with Crippen LogP contribution in [0.1, 0.15) is 16.8 Å². The van der Waals surface area contributed by atoms with Crippen LogP contribution in [-0.2, 0) is 4.79 Å². The Balaban J connectivity index is 2.66. The van der Waals surface area contributed by atoms with Crippen LogP contribution in [0.25, 0.3) is 0 Å². The summed E-state index contributed by atoms with van der Waals surface area (Å²) in [7, 11) is 5.74. The molecule has 1 unspecified atom stereocenters. The number of nitrogens with zero attached hydrogens (tertiary/aromatic N) is 1. The highest BCUT2D eigenvalue weighted by atomic mass is 16.5. The summed E-state index contributed by atoms with van der Waals surface area (Å²) in [6.45, 7) is 0.423. The van der Waals surface area contributed by atoms with Gasteiger partial charge < -0.3 is 20.1 Å². The molecule has 110 valence electrons. The highest BCUT2D eigenvalue weighted by Gasteiger charge is 2.21. The lowest BCUT2D eigenvalue weighted by molar-refractivity contribution is -0.873. The van der Waals surface area contributed by atoms with E-state index in [2.05, 4.69) is 0 Å². The first-order chi connectivity index (χ1) is 9.19. The van der Waals surface area contributed by atoms with Crippen molar-refractivity contribution >= 4 is 11.9 Å². The van der Waals surface area contributed by atoms with Gasteiger partial charge in [0, 0.05) is 0 Å². The Bertz CT molecular complexity index is 494. The van der Waals surface area contributed by atoms with Crippen LogP contribution in [0, 0.1) is 0 Å². The quantitative estimate of drug-likeness (QED) is 0.441. The van der Waals surface area contributed by atoms with Crippen molar-refractivity contribution in [2.45, 2.75) is 12.5 Å². The first-order valence-electron chi connectivity index (χ1n) is 6.27. The van der Waals surface area contributed by atoms with Gasteiger partial charge in [-0.3, -0.25) is 9.59 Å². The van der Waals surface area contributed by atoms with Gasteiger partial charge in [-0.05, 0) is 12.1 Å². The zero-order valence-corrected chi connectivity index (χ0v) is 12.0. The number of quaternary nitrogens is 1. The van der Waals surface area contributed by atoms with Gasteiger partial charge in [-0.2, -0.15) is 0 Å². The van der Waals surface area contributed by atoms with Crippen molar-refractivity contribution in [1.82, 2.24) is 0 Å². The highest BCUT2D eigenvalue weighted by molar-refractivity contribution is 5.96. The molecule has 0 heterocycles. The Kier molecular flexibility index (Phi) is 5.24. The molecule has 0 saturated carbocycles. The normalized spacial score (nSPS) is 12.8. The van der Waals surface area contributed by atoms with Gasteiger partial charge in [0.1, 0.15) is 18.4 Å². The Morgan fingerprint density at radius 2 is 1.90 bits per heavy atom. The van der Waals surface area contributed by atoms with Crippen molar-refractivity contribution in [3.63, 3.8) is 0 Å². The van der Waals surface area contributed by atoms with Gasteiger partial charge in [-0.1, -0.05) is 12.1 Å². The van der Waals surface area contributed by atoms with E-state index in [1.807, 2.05) is 21.1 Å². The molecule has 1 amide bonds. The van der Waals surface area contributed by atoms with Crippen LogP contribution >= 0.6 is 0 Å². The summed E-state index contributed by atoms with van der Waals surface area (Å²) >= 11 is 0. The first-order valence-corrected chi connectivity index (χ1v) is 6.27. The van der Waals surface area contributed by atoms with Crippen molar-refractivity contribution in [1.29, 1.82) is 0 Å². The zero-order chi connectivity index (χ0) is 15.3. The molecule has 20 heavy (non-hydrogen) atoms. The van der Waals surface area contributed by atoms with Crippen LogP contribution in [0.15, 0.2) is 24.3 Å². The summed E-state index contributed by atoms with van der Waals surface area (Å²) in [6.07, 6.45) is -0.939. The van der Waals surface area contributed by atoms with Gasteiger partial charge in [-0.25, -0.2) is 0 Å². The smallest absolute Gasteiger partial charge is 0.314 e. The van der Waals surface area contributed by atoms with Gasteiger partial charge in [0.15, 0.2) is 0 Å². The maximum absolute atomic E-state index is 11.7. The number of hydrogen-bond donors (Lipinski definition) is 2. The van der Waals surface area contributed by atoms with Crippen LogP contribution in [0.4, 0.5) is 0 Å². The predicted molar refractivity (Wildman–Crippen MR) is 74.1 cm³/mol. The fourth-order valence-corrected chi connectivity index (χ4v) is 1.81. The molecule has 1 rings (SSSR count). The molecule has 1 atom stereocenters. The maximum atomic E-state index is 11.7. The Morgan fingerprint density at radius 1 is 1.30 bits per heavy atom. The largest absolute Gasteiger partial charge is 0.426 e. The second kappa shape index (κ2) is 6.49. The lowest BCUT2D eigenvalue weighted by atomic mass is 10.2. The topological polar surface area (TPSA) is 89.6 Å². The number of aliphatic hydroxyl groups is 1. The van der Waals surface area contributed by atoms with E-state index in [1.54, 1.807) is 12.1 Å². The van der Waals surface area contributed by atoms with E-state index in [9.17, 15) is 14.7 Å². The number of aliphatic hydroxyl groups excluding tert-OH is 1. The number of benzene rings is 1. The number of esters is 1. The van der Waals surface area contributed by atoms with E-state index >= 15 is 0 Å². The van der Waals surface area contributed by atoms with Crippen molar-refractivity contribution < 1.29 is 23.9 Å². The number of primary amides is 1. The molecule has 0 radical (unpaired) electrons. The molecule has 0 bridgehead atoms. The van der Waals surface area contributed by atoms with E-state index in [4.69, 9.17) is 10.5 Å². The molecule has 0 aliphatic heterocycles. The molecule has 1 aromatic carbocycles. The molecular formula is C14H21N2O4+. The number of carbonyl (C=O) groups is 2. The number of nitrogens with two attached hydrogens (primary N) is 1. The monoisotopic (exact) mass is 281 g/mol. The Labute approximate surface area is 118 Å². The molecule has 0 saturated heterocycles. The van der Waals surface area contributed by atoms with E-state index in [0.717, 1.165) is 0 Å². The summed E-state index contributed by atoms with van der Waals surface area (Å²) < 4.78 is 5.62. The second-order valence-corrected chi connectivity index (χ2v) is 5.67. The van der Waals surface area contributed by atoms with Crippen molar-refractivity contribution in [2.75, 3.05) is 27.7 Å². The molecule has 3 N–H and O–H groups in total. The summed E-state index contributed by atoms with van der Waals surface area (Å²) in [6, 6.07) is 6.23. The number of hydrogen-bond acceptors (Lipinski definition) is 4. The van der Waals surface area contributed by atoms with E-state index < -0.39 is 18.0 Å². The average Bonchev–Trinajstić information content (AvgIpc) is 2.26. The maximum Gasteiger partial charge on any atom is 0.314 e. The lowest BCUT2D eigenvalue weighted by Crippen LogP contribution is -2.42. The fourth-order valence-electron chi connectivity index (χ4n) is 1.81. The average molecular weight is 281 g/mol. The minimum absolute atomic E-state index is 0.113. The lowest BCUT2D eigenvalue weighted by Gasteiger charge is -2.26. The van der Waals surface area contributed by atoms with Crippen LogP contribution in [0.5, 0.6) is 5.75 Å². The van der Waals surface area contributed by atoms with E-state index in [1.165, 1.54) is 12.1 Å². The molecule has 0 spiro atoms. The molecule has 6 heteroatoms. The van der Waals surface area contributed by atoms with Crippen molar-refractivity contribution in [3.05, 3.63) is 29.8 Å². The van der Waals surface area contributed by atoms with E-state index in [0.29, 0.717) is 11.0 Å². The molecule has 0 aromatic heterocycles. The molecular weight excluding hydrogens is 260 g/mol. The van der Waals surface area contributed by atoms with Gasteiger partial charge in [0.25, 0.3) is 5.91 Å². The predicted octanol–water partition coefficient (Wildman–Crippen LogP) is 0.148. The molecule has 6 nitrogen and oxygen atoms in total. The van der Waals surface area contributed by atoms with Crippen molar-refractivity contribution in [2.24, 2.45) is 5.73 Å². The number of rotatable bonds is 6. The third-order valence-corrected chi connectivity index (χ3v) is 2.54. The summed E-state index contributed by atoms with van der Waals surface area (Å²) in [5.41, 5.74) is 5.33. The standard InChI is InChI=1S/C14H20N2O4/c1-16(2,3)9-10(17)8-13(18)20-12-7-5-4-6-11(12)14(15)19/h4-7,10,17H,8-9H2,1-3H3,(H-,15,19)/p+1. The SMILES string of the molecule is C[N+](C)(C)CC(O)CC(=O)Oc1ccccc1C(N)=O. The van der Waals surface area contributed by atoms with Crippen molar-refractivity contribution in [3.8, 4) is 5.75 Å². The van der Waals surface area contributed by atoms with Gasteiger partial charge in [0.05, 0.1) is 33.1 Å². The summed E-state index contributed by atoms with van der Waals surface area (Å²) in [4.78, 5) is 22.9. The third-order valence-electron chi connectivity index (χ3n) is 2.54. The Hall–Kier alpha value is -1.92. The summed E-state index contributed by atoms with van der Waals surface area (Å²) in [5.74, 6) is -1.15. The number of likely N-dealkylation sites (N-methyl/N-ethyl adjacent to an activating group) is 1. The molecule has 0 aliphatic rings. The molecule has 0 aliphatic carbocycles. The summed E-state index contributed by atoms with van der Waals surface area (Å²) in [5, 5.41) is 9.80. The second-order valence-electron chi connectivity index (χ2n) is 5.67. The van der Waals surface area contributed by atoms with Crippen LogP contribution in [0.2, 0.25) is 0 Å². The highest BCUT2D eigenvalue weighted by Crippen LogP contribution is 2.18. The van der Waals surface area contributed by atoms with Gasteiger partial charge in [0.2, 0.25) is 0 Å². The van der Waals surface area contributed by atoms with E-state index in [-0.39, 0.29) is 17.7 Å². The number of amides is 1. The van der Waals surface area contributed by atoms with Crippen LogP contribution < -0.4 is 10.5 Å². The molecule has 0 fully saturated rings. The molecule has 1 aromatic rings. The van der Waals surface area contributed by atoms with Crippen LogP contribution in [0.3, 0.4) is 0 Å². The fraction of sp³-hybridized carbons (Fsp3) is 0.429. The minimum Gasteiger partial charge on any atom is -0.426 e. The zero-order valence-electron chi connectivity index (χ0n) is 12.0. The third kappa shape index (κ3) is 5.38. The minimum atomic E-state index is -0.803. The number of para-hydroxylation sites is 1. The first kappa shape index (κ1) is 16.1. The van der Waals surface area contributed by atoms with Gasteiger partial charge >= 0.3 is 5.97 Å². The van der Waals surface area contributed by atoms with Crippen LogP contribution in [-0.4, -0.2) is 55.3 Å². The number of ether oxygens (including phenoxy) is 1. The van der Waals surface area contributed by atoms with Gasteiger partial charge in [-0.15, -0.1) is 0 Å².